The smallest absolute Gasteiger partial charge is 0.388 e. The van der Waals surface area contributed by atoms with Crippen LogP contribution in [-0.2, 0) is 22.3 Å². The number of pyridine rings is 2. The van der Waals surface area contributed by atoms with Gasteiger partial charge in [0.1, 0.15) is 39.9 Å². The lowest BCUT2D eigenvalue weighted by atomic mass is 9.77. The average Bonchev–Trinajstić information content (AvgIpc) is 4.23. The minimum Gasteiger partial charge on any atom is -0.388 e. The Kier molecular flexibility index (Phi) is 11.7. The molecule has 6 aromatic rings. The van der Waals surface area contributed by atoms with E-state index >= 15 is 8.78 Å². The summed E-state index contributed by atoms with van der Waals surface area (Å²) < 4.78 is 58.3. The molecule has 17 heteroatoms. The Bertz CT molecular complexity index is 3040. The number of aromatic nitrogens is 6. The minimum absolute atomic E-state index is 0.111. The fourth-order valence-corrected chi connectivity index (χ4v) is 13.2. The van der Waals surface area contributed by atoms with Gasteiger partial charge in [-0.2, -0.15) is 4.98 Å². The number of nitrogens with zero attached hydrogens (tertiary/aromatic N) is 9. The van der Waals surface area contributed by atoms with Gasteiger partial charge in [0.15, 0.2) is 5.82 Å². The van der Waals surface area contributed by atoms with Gasteiger partial charge in [-0.3, -0.25) is 4.90 Å². The fraction of sp³-hybridized carbons (Fsp3) is 0.593. The number of β-amino-alcohol motifs (C(OH)–C–C–N with tert-alkyl or cyclic N) is 1. The molecule has 0 amide bonds. The van der Waals surface area contributed by atoms with E-state index < -0.39 is 5.60 Å². The van der Waals surface area contributed by atoms with Crippen molar-refractivity contribution in [2.45, 2.75) is 141 Å². The van der Waals surface area contributed by atoms with Gasteiger partial charge in [-0.05, 0) is 142 Å². The number of anilines is 2. The first-order chi connectivity index (χ1) is 34.2. The van der Waals surface area contributed by atoms with Gasteiger partial charge >= 0.3 is 11.7 Å². The van der Waals surface area contributed by atoms with E-state index in [1.807, 2.05) is 45.4 Å². The molecule has 1 saturated carbocycles. The van der Waals surface area contributed by atoms with Gasteiger partial charge in [0.2, 0.25) is 6.23 Å². The summed E-state index contributed by atoms with van der Waals surface area (Å²) in [5.74, 6) is 3.12. The van der Waals surface area contributed by atoms with Crippen LogP contribution in [0.25, 0.3) is 44.7 Å². The van der Waals surface area contributed by atoms with Gasteiger partial charge in [-0.25, -0.2) is 23.3 Å². The van der Waals surface area contributed by atoms with Crippen molar-refractivity contribution in [3.05, 3.63) is 69.8 Å². The van der Waals surface area contributed by atoms with E-state index in [4.69, 9.17) is 33.5 Å². The molecular formula is C54H67F2N10O5+. The summed E-state index contributed by atoms with van der Waals surface area (Å²) >= 11 is 0. The van der Waals surface area contributed by atoms with Crippen LogP contribution in [0.4, 0.5) is 20.4 Å². The number of aliphatic hydroxyl groups is 1. The van der Waals surface area contributed by atoms with Crippen molar-refractivity contribution in [2.24, 2.45) is 5.92 Å². The summed E-state index contributed by atoms with van der Waals surface area (Å²) in [5.41, 5.74) is 4.86. The Morgan fingerprint density at radius 1 is 0.803 bits per heavy atom. The quantitative estimate of drug-likeness (QED) is 0.114. The topological polar surface area (TPSA) is 155 Å². The Labute approximate surface area is 413 Å². The van der Waals surface area contributed by atoms with Crippen LogP contribution in [0.15, 0.2) is 33.3 Å². The Balaban J connectivity index is 0.792. The molecule has 4 aromatic heterocycles. The number of hydrogen-bond donors (Lipinski definition) is 2. The van der Waals surface area contributed by atoms with Crippen molar-refractivity contribution >= 4 is 33.4 Å². The SMILES string of the molecule is CCc1cc(F)c2nc(N3CC[C@@]4(CCCN4CC4(O)CCOCC4)C3)c(-c3nc(C)[n+](C4CC(CNC56CC(C5)N(c5nc7c(F)cc(CC)cc7c(C)c5-c5nc(C)no5)C6)CCO4)o3)c(C)c2c1. The van der Waals surface area contributed by atoms with Crippen LogP contribution in [0.2, 0.25) is 0 Å². The van der Waals surface area contributed by atoms with Crippen LogP contribution in [0.5, 0.6) is 0 Å². The van der Waals surface area contributed by atoms with E-state index in [1.165, 1.54) is 0 Å². The van der Waals surface area contributed by atoms with E-state index in [0.29, 0.717) is 104 Å². The van der Waals surface area contributed by atoms with Crippen molar-refractivity contribution in [1.82, 2.24) is 35.3 Å². The molecule has 7 aliphatic rings. The summed E-state index contributed by atoms with van der Waals surface area (Å²) in [6, 6.07) is 7.54. The highest BCUT2D eigenvalue weighted by Crippen LogP contribution is 2.50. The van der Waals surface area contributed by atoms with Gasteiger partial charge in [-0.15, -0.1) is 0 Å². The minimum atomic E-state index is -0.762. The van der Waals surface area contributed by atoms with Crippen LogP contribution < -0.4 is 19.9 Å². The van der Waals surface area contributed by atoms with Gasteiger partial charge in [-0.1, -0.05) is 19.0 Å². The molecule has 1 spiro atoms. The predicted molar refractivity (Wildman–Crippen MR) is 264 cm³/mol. The second-order valence-electron chi connectivity index (χ2n) is 21.9. The number of aryl methyl sites for hydroxylation is 6. The zero-order chi connectivity index (χ0) is 49.0. The second-order valence-corrected chi connectivity index (χ2v) is 21.9. The Morgan fingerprint density at radius 2 is 1.49 bits per heavy atom. The summed E-state index contributed by atoms with van der Waals surface area (Å²) in [7, 11) is 0. The lowest BCUT2D eigenvalue weighted by Gasteiger charge is -2.42. The van der Waals surface area contributed by atoms with Gasteiger partial charge < -0.3 is 34.2 Å². The van der Waals surface area contributed by atoms with Crippen molar-refractivity contribution in [1.29, 1.82) is 0 Å². The predicted octanol–water partition coefficient (Wildman–Crippen LogP) is 7.93. The second kappa shape index (κ2) is 17.8. The molecule has 2 N–H and O–H groups in total. The normalized spacial score (nSPS) is 26.5. The van der Waals surface area contributed by atoms with Crippen molar-refractivity contribution in [3.63, 3.8) is 0 Å². The monoisotopic (exact) mass is 974 g/mol. The van der Waals surface area contributed by atoms with E-state index in [-0.39, 0.29) is 35.0 Å². The highest BCUT2D eigenvalue weighted by atomic mass is 19.1. The van der Waals surface area contributed by atoms with Crippen LogP contribution in [-0.4, -0.2) is 117 Å². The average molecular weight is 974 g/mol. The molecule has 71 heavy (non-hydrogen) atoms. The van der Waals surface area contributed by atoms with Crippen molar-refractivity contribution in [3.8, 4) is 22.9 Å². The van der Waals surface area contributed by atoms with Gasteiger partial charge in [0.25, 0.3) is 5.89 Å². The lowest BCUT2D eigenvalue weighted by molar-refractivity contribution is -0.914. The molecule has 10 heterocycles. The number of fused-ring (bicyclic) bond motifs is 3. The molecule has 2 unspecified atom stereocenters. The molecular weight excluding hydrogens is 907 g/mol. The molecule has 2 bridgehead atoms. The summed E-state index contributed by atoms with van der Waals surface area (Å²) in [4.78, 5) is 27.1. The van der Waals surface area contributed by atoms with Crippen LogP contribution >= 0.6 is 0 Å². The largest absolute Gasteiger partial charge is 0.388 e. The third-order valence-electron chi connectivity index (χ3n) is 17.3. The molecule has 376 valence electrons. The van der Waals surface area contributed by atoms with Crippen molar-refractivity contribution < 1.29 is 37.1 Å². The van der Waals surface area contributed by atoms with Gasteiger partial charge in [0, 0.05) is 98.5 Å². The van der Waals surface area contributed by atoms with Crippen molar-refractivity contribution in [2.75, 3.05) is 68.9 Å². The Morgan fingerprint density at radius 3 is 2.17 bits per heavy atom. The molecule has 1 aliphatic carbocycles. The molecule has 7 fully saturated rings. The maximum absolute atomic E-state index is 16.1. The number of rotatable bonds is 12. The maximum atomic E-state index is 16.1. The molecule has 0 radical (unpaired) electrons. The first kappa shape index (κ1) is 46.8. The molecule has 6 aliphatic heterocycles. The van der Waals surface area contributed by atoms with Crippen LogP contribution in [0.3, 0.4) is 0 Å². The summed E-state index contributed by atoms with van der Waals surface area (Å²) in [5, 5.41) is 21.3. The van der Waals surface area contributed by atoms with E-state index in [0.717, 1.165) is 122 Å². The van der Waals surface area contributed by atoms with E-state index in [1.54, 1.807) is 19.1 Å². The number of likely N-dealkylation sites (tertiary alicyclic amines) is 1. The molecule has 6 saturated heterocycles. The van der Waals surface area contributed by atoms with Crippen LogP contribution in [0.1, 0.15) is 112 Å². The van der Waals surface area contributed by atoms with E-state index in [2.05, 4.69) is 36.2 Å². The van der Waals surface area contributed by atoms with Gasteiger partial charge in [0.05, 0.1) is 17.8 Å². The Hall–Kier alpha value is -5.20. The maximum Gasteiger partial charge on any atom is 0.388 e. The first-order valence-electron chi connectivity index (χ1n) is 26.1. The molecule has 15 nitrogen and oxygen atoms in total. The summed E-state index contributed by atoms with van der Waals surface area (Å²) in [6.45, 7) is 18.2. The van der Waals surface area contributed by atoms with E-state index in [9.17, 15) is 5.11 Å². The zero-order valence-electron chi connectivity index (χ0n) is 42.0. The third-order valence-corrected chi connectivity index (χ3v) is 17.3. The highest BCUT2D eigenvalue weighted by molar-refractivity contribution is 5.94. The lowest BCUT2D eigenvalue weighted by Crippen LogP contribution is -2.55. The highest BCUT2D eigenvalue weighted by Gasteiger charge is 2.56. The first-order valence-corrected chi connectivity index (χ1v) is 26.1. The number of halogens is 2. The third kappa shape index (κ3) is 8.08. The standard InChI is InChI=1S/C54H67F2N10O5/c1-7-35-20-39-31(3)44(48(60-46(39)41(55)22-35)63-16-12-53(29-63)11-9-15-64(53)30-54(67)13-18-68-19-14-54)51-59-34(6)66(71-51)43-24-37(10-17-69-43)27-57-52-25-38(26-52)65(28-52)49-45(50-58-33(5)62-70-50)32(4)40-21-36(8-2)23-42(56)47(40)61-49/h20-23,37-38,43,57,67H,7-19,24-30H2,1-6H3/q+1/t37?,38?,43?,52?,53-/m0/s1. The number of nitrogens with one attached hydrogen (secondary N) is 1. The number of ether oxygens (including phenoxy) is 2. The van der Waals surface area contributed by atoms with Crippen LogP contribution in [0, 0.1) is 45.2 Å². The zero-order valence-corrected chi connectivity index (χ0v) is 42.0. The number of hydrogen-bond acceptors (Lipinski definition) is 14. The summed E-state index contributed by atoms with van der Waals surface area (Å²) in [6.07, 6.45) is 8.90. The molecule has 3 atom stereocenters. The fourth-order valence-electron chi connectivity index (χ4n) is 13.2. The molecule has 13 rings (SSSR count). The molecule has 2 aromatic carbocycles. The number of benzene rings is 2.